The van der Waals surface area contributed by atoms with Gasteiger partial charge in [0.25, 0.3) is 0 Å². The van der Waals surface area contributed by atoms with Crippen LogP contribution in [0.25, 0.3) is 0 Å². The summed E-state index contributed by atoms with van der Waals surface area (Å²) >= 11 is 0. The number of piperazine rings is 1. The van der Waals surface area contributed by atoms with Crippen LogP contribution in [0.1, 0.15) is 33.6 Å². The van der Waals surface area contributed by atoms with Crippen molar-refractivity contribution in [3.63, 3.8) is 0 Å². The lowest BCUT2D eigenvalue weighted by molar-refractivity contribution is -0.159. The molecule has 4 heteroatoms. The van der Waals surface area contributed by atoms with Crippen LogP contribution in [0, 0.1) is 5.92 Å². The molecule has 0 N–H and O–H groups in total. The molecule has 2 saturated heterocycles. The molecule has 2 unspecified atom stereocenters. The Kier molecular flexibility index (Phi) is 2.91. The highest BCUT2D eigenvalue weighted by molar-refractivity contribution is 5.97. The van der Waals surface area contributed by atoms with E-state index in [1.54, 1.807) is 9.80 Å². The maximum absolute atomic E-state index is 12.2. The van der Waals surface area contributed by atoms with E-state index in [4.69, 9.17) is 0 Å². The van der Waals surface area contributed by atoms with E-state index >= 15 is 0 Å². The van der Waals surface area contributed by atoms with Crippen molar-refractivity contribution in [3.8, 4) is 0 Å². The van der Waals surface area contributed by atoms with E-state index in [2.05, 4.69) is 13.8 Å². The number of hydrogen-bond donors (Lipinski definition) is 0. The van der Waals surface area contributed by atoms with Crippen molar-refractivity contribution in [1.82, 2.24) is 9.80 Å². The van der Waals surface area contributed by atoms with Crippen LogP contribution in [0.4, 0.5) is 0 Å². The molecule has 2 heterocycles. The fourth-order valence-corrected chi connectivity index (χ4v) is 2.68. The smallest absolute Gasteiger partial charge is 0.246 e. The minimum Gasteiger partial charge on any atom is -0.329 e. The fraction of sp³-hybridized carbons (Fsp3) is 0.833. The summed E-state index contributed by atoms with van der Waals surface area (Å²) in [5.41, 5.74) is 0. The van der Waals surface area contributed by atoms with Gasteiger partial charge in [0.2, 0.25) is 11.8 Å². The molecular weight excluding hydrogens is 204 g/mol. The monoisotopic (exact) mass is 224 g/mol. The average Bonchev–Trinajstić information content (AvgIpc) is 2.70. The van der Waals surface area contributed by atoms with Gasteiger partial charge in [-0.15, -0.1) is 0 Å². The maximum atomic E-state index is 12.2. The van der Waals surface area contributed by atoms with Gasteiger partial charge in [-0.05, 0) is 25.7 Å². The molecule has 0 spiro atoms. The van der Waals surface area contributed by atoms with Gasteiger partial charge in [-0.3, -0.25) is 9.59 Å². The van der Waals surface area contributed by atoms with Gasteiger partial charge in [0.15, 0.2) is 0 Å². The van der Waals surface area contributed by atoms with Gasteiger partial charge in [-0.1, -0.05) is 13.8 Å². The molecule has 0 aromatic carbocycles. The largest absolute Gasteiger partial charge is 0.329 e. The van der Waals surface area contributed by atoms with E-state index in [0.29, 0.717) is 12.5 Å². The topological polar surface area (TPSA) is 40.6 Å². The molecule has 0 saturated carbocycles. The van der Waals surface area contributed by atoms with Crippen LogP contribution < -0.4 is 0 Å². The summed E-state index contributed by atoms with van der Waals surface area (Å²) in [6.45, 7) is 7.44. The van der Waals surface area contributed by atoms with Crippen molar-refractivity contribution in [3.05, 3.63) is 0 Å². The predicted molar refractivity (Wildman–Crippen MR) is 60.7 cm³/mol. The molecule has 2 atom stereocenters. The molecule has 2 aliphatic heterocycles. The van der Waals surface area contributed by atoms with Crippen LogP contribution in [0.5, 0.6) is 0 Å². The molecule has 0 bridgehead atoms. The Balaban J connectivity index is 2.20. The fourth-order valence-electron chi connectivity index (χ4n) is 2.68. The lowest BCUT2D eigenvalue weighted by Gasteiger charge is -2.41. The van der Waals surface area contributed by atoms with Gasteiger partial charge in [0.05, 0.1) is 0 Å². The Bertz CT molecular complexity index is 314. The van der Waals surface area contributed by atoms with Gasteiger partial charge in [-0.25, -0.2) is 0 Å². The van der Waals surface area contributed by atoms with Crippen molar-refractivity contribution in [1.29, 1.82) is 0 Å². The zero-order chi connectivity index (χ0) is 11.9. The quantitative estimate of drug-likeness (QED) is 0.698. The third-order valence-corrected chi connectivity index (χ3v) is 3.49. The third kappa shape index (κ3) is 1.70. The summed E-state index contributed by atoms with van der Waals surface area (Å²) in [6.07, 6.45) is 1.80. The SMILES string of the molecule is CC(C)CN1C(=O)C2CCCN2C(=O)C1C. The van der Waals surface area contributed by atoms with Crippen LogP contribution in [-0.4, -0.2) is 46.8 Å². The molecule has 2 fully saturated rings. The minimum atomic E-state index is -0.274. The second-order valence-electron chi connectivity index (χ2n) is 5.25. The molecule has 16 heavy (non-hydrogen) atoms. The molecule has 0 aromatic rings. The first-order valence-electron chi connectivity index (χ1n) is 6.13. The molecule has 2 aliphatic rings. The number of amides is 2. The maximum Gasteiger partial charge on any atom is 0.246 e. The first kappa shape index (κ1) is 11.4. The second-order valence-corrected chi connectivity index (χ2v) is 5.25. The van der Waals surface area contributed by atoms with Gasteiger partial charge < -0.3 is 9.80 Å². The lowest BCUT2D eigenvalue weighted by Crippen LogP contribution is -2.62. The van der Waals surface area contributed by atoms with Crippen LogP contribution in [0.2, 0.25) is 0 Å². The third-order valence-electron chi connectivity index (χ3n) is 3.49. The van der Waals surface area contributed by atoms with Crippen molar-refractivity contribution >= 4 is 11.8 Å². The normalized spacial score (nSPS) is 30.2. The predicted octanol–water partition coefficient (Wildman–Crippen LogP) is 0.864. The van der Waals surface area contributed by atoms with E-state index in [9.17, 15) is 9.59 Å². The molecule has 0 aliphatic carbocycles. The van der Waals surface area contributed by atoms with Gasteiger partial charge in [0, 0.05) is 13.1 Å². The van der Waals surface area contributed by atoms with E-state index in [1.165, 1.54) is 0 Å². The Labute approximate surface area is 96.6 Å². The van der Waals surface area contributed by atoms with Crippen molar-refractivity contribution in [2.24, 2.45) is 5.92 Å². The number of hydrogen-bond acceptors (Lipinski definition) is 2. The van der Waals surface area contributed by atoms with Crippen molar-refractivity contribution in [2.75, 3.05) is 13.1 Å². The summed E-state index contributed by atoms with van der Waals surface area (Å²) in [6, 6.07) is -0.438. The first-order chi connectivity index (χ1) is 7.52. The number of rotatable bonds is 2. The Hall–Kier alpha value is -1.06. The lowest BCUT2D eigenvalue weighted by atomic mass is 10.0. The van der Waals surface area contributed by atoms with Crippen molar-refractivity contribution < 1.29 is 9.59 Å². The summed E-state index contributed by atoms with van der Waals surface area (Å²) in [7, 11) is 0. The van der Waals surface area contributed by atoms with E-state index in [-0.39, 0.29) is 23.9 Å². The summed E-state index contributed by atoms with van der Waals surface area (Å²) < 4.78 is 0. The molecule has 4 nitrogen and oxygen atoms in total. The molecule has 2 rings (SSSR count). The Morgan fingerprint density at radius 3 is 2.62 bits per heavy atom. The minimum absolute atomic E-state index is 0.128. The highest BCUT2D eigenvalue weighted by atomic mass is 16.2. The van der Waals surface area contributed by atoms with E-state index < -0.39 is 0 Å². The molecule has 2 amide bonds. The average molecular weight is 224 g/mol. The van der Waals surface area contributed by atoms with Crippen LogP contribution in [-0.2, 0) is 9.59 Å². The van der Waals surface area contributed by atoms with E-state index in [0.717, 1.165) is 19.4 Å². The summed E-state index contributed by atoms with van der Waals surface area (Å²) in [4.78, 5) is 27.8. The van der Waals surface area contributed by atoms with E-state index in [1.807, 2.05) is 6.92 Å². The van der Waals surface area contributed by atoms with Gasteiger partial charge >= 0.3 is 0 Å². The molecular formula is C12H20N2O2. The molecule has 0 radical (unpaired) electrons. The number of fused-ring (bicyclic) bond motifs is 1. The summed E-state index contributed by atoms with van der Waals surface area (Å²) in [5, 5.41) is 0. The van der Waals surface area contributed by atoms with Crippen LogP contribution in [0.3, 0.4) is 0 Å². The van der Waals surface area contributed by atoms with Crippen LogP contribution in [0.15, 0.2) is 0 Å². The molecule has 90 valence electrons. The van der Waals surface area contributed by atoms with Crippen molar-refractivity contribution in [2.45, 2.75) is 45.7 Å². The van der Waals surface area contributed by atoms with Gasteiger partial charge in [0.1, 0.15) is 12.1 Å². The van der Waals surface area contributed by atoms with Gasteiger partial charge in [-0.2, -0.15) is 0 Å². The highest BCUT2D eigenvalue weighted by Gasteiger charge is 2.45. The summed E-state index contributed by atoms with van der Waals surface area (Å²) in [5.74, 6) is 0.688. The Morgan fingerprint density at radius 2 is 2.00 bits per heavy atom. The van der Waals surface area contributed by atoms with Crippen LogP contribution >= 0.6 is 0 Å². The number of carbonyl (C=O) groups is 2. The number of nitrogens with zero attached hydrogens (tertiary/aromatic N) is 2. The second kappa shape index (κ2) is 4.07. The zero-order valence-corrected chi connectivity index (χ0v) is 10.3. The first-order valence-corrected chi connectivity index (χ1v) is 6.13. The zero-order valence-electron chi connectivity index (χ0n) is 10.3. The molecule has 0 aromatic heterocycles. The number of carbonyl (C=O) groups excluding carboxylic acids is 2. The standard InChI is InChI=1S/C12H20N2O2/c1-8(2)7-14-9(3)11(15)13-6-4-5-10(13)12(14)16/h8-10H,4-7H2,1-3H3. The highest BCUT2D eigenvalue weighted by Crippen LogP contribution is 2.27. The Morgan fingerprint density at radius 1 is 1.31 bits per heavy atom.